The number of ketones is 1. The summed E-state index contributed by atoms with van der Waals surface area (Å²) in [5.74, 6) is 1.91. The molecule has 2 bridgehead atoms. The number of amides is 1. The average molecular weight is 431 g/mol. The lowest BCUT2D eigenvalue weighted by Gasteiger charge is -2.42. The molecule has 1 saturated carbocycles. The van der Waals surface area contributed by atoms with Gasteiger partial charge in [-0.3, -0.25) is 9.59 Å². The Morgan fingerprint density at radius 3 is 2.72 bits per heavy atom. The molecule has 3 aliphatic carbocycles. The van der Waals surface area contributed by atoms with Gasteiger partial charge >= 0.3 is 0 Å². The number of aryl methyl sites for hydroxylation is 1. The second-order valence-corrected chi connectivity index (χ2v) is 8.67. The highest BCUT2D eigenvalue weighted by Crippen LogP contribution is 2.44. The van der Waals surface area contributed by atoms with Crippen LogP contribution in [0.2, 0.25) is 0 Å². The Balaban J connectivity index is 1.27. The number of carbonyl (C=O) groups is 2. The topological polar surface area (TPSA) is 99.0 Å². The molecular weight excluding hydrogens is 406 g/mol. The van der Waals surface area contributed by atoms with Gasteiger partial charge in [-0.1, -0.05) is 12.2 Å². The highest BCUT2D eigenvalue weighted by Gasteiger charge is 2.40. The van der Waals surface area contributed by atoms with Gasteiger partial charge in [-0.05, 0) is 61.8 Å². The molecule has 1 aromatic carbocycles. The van der Waals surface area contributed by atoms with Gasteiger partial charge in [0.05, 0.1) is 0 Å². The van der Waals surface area contributed by atoms with Crippen LogP contribution in [0.5, 0.6) is 11.6 Å². The average Bonchev–Trinajstić information content (AvgIpc) is 3.17. The van der Waals surface area contributed by atoms with Crippen molar-refractivity contribution in [2.75, 3.05) is 6.54 Å². The van der Waals surface area contributed by atoms with Crippen LogP contribution < -0.4 is 10.1 Å². The first-order valence-electron chi connectivity index (χ1n) is 10.9. The summed E-state index contributed by atoms with van der Waals surface area (Å²) in [4.78, 5) is 30.6. The number of allylic oxidation sites excluding steroid dienone is 2. The molecule has 0 spiro atoms. The summed E-state index contributed by atoms with van der Waals surface area (Å²) in [6, 6.07) is 8.80. The van der Waals surface area contributed by atoms with E-state index in [1.54, 1.807) is 44.4 Å². The summed E-state index contributed by atoms with van der Waals surface area (Å²) in [6.07, 6.45) is 7.80. The van der Waals surface area contributed by atoms with Gasteiger partial charge < -0.3 is 10.1 Å². The van der Waals surface area contributed by atoms with E-state index in [0.29, 0.717) is 35.2 Å². The first kappa shape index (κ1) is 20.4. The van der Waals surface area contributed by atoms with Crippen LogP contribution >= 0.6 is 0 Å². The van der Waals surface area contributed by atoms with E-state index in [4.69, 9.17) is 4.74 Å². The predicted octanol–water partition coefficient (Wildman–Crippen LogP) is 3.30. The number of aromatic nitrogens is 4. The number of Topliss-reactive ketones (excluding diaryl/α,β-unsaturated/α-hetero) is 1. The van der Waals surface area contributed by atoms with E-state index in [0.717, 1.165) is 18.4 Å². The van der Waals surface area contributed by atoms with Crippen LogP contribution in [0.4, 0.5) is 0 Å². The Labute approximate surface area is 185 Å². The van der Waals surface area contributed by atoms with E-state index in [9.17, 15) is 9.59 Å². The predicted molar refractivity (Wildman–Crippen MR) is 118 cm³/mol. The van der Waals surface area contributed by atoms with Gasteiger partial charge in [-0.25, -0.2) is 4.98 Å². The molecule has 4 unspecified atom stereocenters. The van der Waals surface area contributed by atoms with Crippen molar-refractivity contribution in [2.45, 2.75) is 19.8 Å². The van der Waals surface area contributed by atoms with Gasteiger partial charge in [-0.15, -0.1) is 0 Å². The van der Waals surface area contributed by atoms with Crippen LogP contribution in [0.15, 0.2) is 48.7 Å². The number of rotatable bonds is 6. The molecule has 8 heteroatoms. The van der Waals surface area contributed by atoms with Gasteiger partial charge in [0.1, 0.15) is 28.1 Å². The van der Waals surface area contributed by atoms with Crippen LogP contribution in [0.25, 0.3) is 11.0 Å². The molecule has 32 heavy (non-hydrogen) atoms. The van der Waals surface area contributed by atoms with Gasteiger partial charge in [-0.2, -0.15) is 15.0 Å². The van der Waals surface area contributed by atoms with Crippen molar-refractivity contribution in [3.8, 4) is 11.6 Å². The Kier molecular flexibility index (Phi) is 5.20. The highest BCUT2D eigenvalue weighted by atomic mass is 16.5. The first-order chi connectivity index (χ1) is 15.5. The van der Waals surface area contributed by atoms with Gasteiger partial charge in [0, 0.05) is 31.8 Å². The molecular formula is C24H25N5O3. The summed E-state index contributed by atoms with van der Waals surface area (Å²) in [6.45, 7) is 2.25. The zero-order valence-electron chi connectivity index (χ0n) is 18.1. The molecule has 1 N–H and O–H groups in total. The largest absolute Gasteiger partial charge is 0.438 e. The molecule has 0 saturated heterocycles. The lowest BCUT2D eigenvalue weighted by molar-refractivity contribution is -0.124. The van der Waals surface area contributed by atoms with Gasteiger partial charge in [0.2, 0.25) is 5.88 Å². The Bertz CT molecular complexity index is 1220. The van der Waals surface area contributed by atoms with Crippen LogP contribution in [0.1, 0.15) is 30.1 Å². The zero-order valence-corrected chi connectivity index (χ0v) is 18.1. The lowest BCUT2D eigenvalue weighted by atomic mass is 9.63. The van der Waals surface area contributed by atoms with E-state index in [2.05, 4.69) is 32.7 Å². The molecule has 0 aliphatic heterocycles. The van der Waals surface area contributed by atoms with Gasteiger partial charge in [0.15, 0.2) is 0 Å². The normalized spacial score (nSPS) is 23.9. The van der Waals surface area contributed by atoms with Crippen molar-refractivity contribution in [3.63, 3.8) is 0 Å². The second-order valence-electron chi connectivity index (χ2n) is 8.67. The van der Waals surface area contributed by atoms with Crippen LogP contribution in [-0.4, -0.2) is 38.2 Å². The van der Waals surface area contributed by atoms with E-state index < -0.39 is 0 Å². The summed E-state index contributed by atoms with van der Waals surface area (Å²) < 4.78 is 5.93. The third kappa shape index (κ3) is 3.88. The number of nitrogens with zero attached hydrogens (tertiary/aromatic N) is 4. The maximum atomic E-state index is 13.0. The summed E-state index contributed by atoms with van der Waals surface area (Å²) >= 11 is 0. The molecule has 164 valence electrons. The highest BCUT2D eigenvalue weighted by molar-refractivity contribution is 5.96. The SMILES string of the molecule is CC(=O)C1CC2C=CC1CC2CNC(=O)c1cccnc1Oc1ccc2nn(C)nc2c1. The number of fused-ring (bicyclic) bond motifs is 3. The smallest absolute Gasteiger partial charge is 0.256 e. The van der Waals surface area contributed by atoms with Crippen molar-refractivity contribution in [1.29, 1.82) is 0 Å². The molecule has 1 amide bonds. The first-order valence-corrected chi connectivity index (χ1v) is 10.9. The fourth-order valence-electron chi connectivity index (χ4n) is 4.93. The van der Waals surface area contributed by atoms with E-state index in [1.807, 2.05) is 6.07 Å². The van der Waals surface area contributed by atoms with Crippen LogP contribution in [0.3, 0.4) is 0 Å². The Morgan fingerprint density at radius 1 is 1.12 bits per heavy atom. The van der Waals surface area contributed by atoms with E-state index >= 15 is 0 Å². The maximum Gasteiger partial charge on any atom is 0.256 e. The number of carbonyl (C=O) groups excluding carboxylic acids is 2. The molecule has 8 nitrogen and oxygen atoms in total. The zero-order chi connectivity index (χ0) is 22.2. The third-order valence-electron chi connectivity index (χ3n) is 6.56. The molecule has 0 radical (unpaired) electrons. The molecule has 6 rings (SSSR count). The van der Waals surface area contributed by atoms with Crippen molar-refractivity contribution in [3.05, 3.63) is 54.2 Å². The molecule has 3 aromatic rings. The standard InChI is InChI=1S/C24H25N5O3/c1-14(30)20-11-15-5-6-16(20)10-17(15)13-26-23(31)19-4-3-9-25-24(19)32-18-7-8-21-22(12-18)28-29(2)27-21/h3-9,12,15-17,20H,10-11,13H2,1-2H3,(H,26,31). The number of benzene rings is 1. The number of hydrogen-bond donors (Lipinski definition) is 1. The van der Waals surface area contributed by atoms with Crippen molar-refractivity contribution in [2.24, 2.45) is 30.7 Å². The van der Waals surface area contributed by atoms with Crippen LogP contribution in [0, 0.1) is 23.7 Å². The molecule has 1 fully saturated rings. The number of pyridine rings is 1. The molecule has 2 aromatic heterocycles. The van der Waals surface area contributed by atoms with Crippen molar-refractivity contribution in [1.82, 2.24) is 25.3 Å². The van der Waals surface area contributed by atoms with Crippen LogP contribution in [-0.2, 0) is 11.8 Å². The minimum Gasteiger partial charge on any atom is -0.438 e. The summed E-state index contributed by atoms with van der Waals surface area (Å²) in [5, 5.41) is 11.6. The molecule has 2 heterocycles. The van der Waals surface area contributed by atoms with Crippen molar-refractivity contribution < 1.29 is 14.3 Å². The third-order valence-corrected chi connectivity index (χ3v) is 6.56. The lowest BCUT2D eigenvalue weighted by Crippen LogP contribution is -2.42. The monoisotopic (exact) mass is 431 g/mol. The maximum absolute atomic E-state index is 13.0. The summed E-state index contributed by atoms with van der Waals surface area (Å²) in [5.41, 5.74) is 1.85. The minimum absolute atomic E-state index is 0.127. The fraction of sp³-hybridized carbons (Fsp3) is 0.375. The second kappa shape index (κ2) is 8.18. The summed E-state index contributed by atoms with van der Waals surface area (Å²) in [7, 11) is 1.76. The molecule has 3 aliphatic rings. The van der Waals surface area contributed by atoms with E-state index in [-0.39, 0.29) is 29.4 Å². The van der Waals surface area contributed by atoms with E-state index in [1.165, 1.54) is 4.80 Å². The Morgan fingerprint density at radius 2 is 1.94 bits per heavy atom. The number of ether oxygens (including phenoxy) is 1. The number of hydrogen-bond acceptors (Lipinski definition) is 6. The number of nitrogens with one attached hydrogen (secondary N) is 1. The van der Waals surface area contributed by atoms with Crippen molar-refractivity contribution >= 4 is 22.7 Å². The molecule has 4 atom stereocenters. The van der Waals surface area contributed by atoms with Gasteiger partial charge in [0.25, 0.3) is 5.91 Å². The minimum atomic E-state index is -0.220. The Hall–Kier alpha value is -3.55. The quantitative estimate of drug-likeness (QED) is 0.601. The fourth-order valence-corrected chi connectivity index (χ4v) is 4.93.